The van der Waals surface area contributed by atoms with Crippen molar-refractivity contribution in [3.63, 3.8) is 0 Å². The summed E-state index contributed by atoms with van der Waals surface area (Å²) >= 11 is 0. The molecule has 1 aromatic carbocycles. The molecule has 1 atom stereocenters. The van der Waals surface area contributed by atoms with Crippen LogP contribution in [0.15, 0.2) is 24.3 Å². The van der Waals surface area contributed by atoms with E-state index < -0.39 is 11.3 Å². The molecule has 1 aliphatic heterocycles. The largest absolute Gasteiger partial charge is 0.369 e. The van der Waals surface area contributed by atoms with Crippen molar-refractivity contribution in [2.75, 3.05) is 13.1 Å². The van der Waals surface area contributed by atoms with Crippen molar-refractivity contribution in [3.8, 4) is 0 Å². The van der Waals surface area contributed by atoms with E-state index in [2.05, 4.69) is 0 Å². The van der Waals surface area contributed by atoms with Crippen molar-refractivity contribution >= 4 is 17.7 Å². The zero-order chi connectivity index (χ0) is 19.8. The van der Waals surface area contributed by atoms with E-state index in [4.69, 9.17) is 5.73 Å². The monoisotopic (exact) mass is 375 g/mol. The topological polar surface area (TPSA) is 83.7 Å². The molecule has 1 saturated heterocycles. The predicted molar refractivity (Wildman–Crippen MR) is 97.6 cm³/mol. The van der Waals surface area contributed by atoms with Crippen LogP contribution in [0.3, 0.4) is 0 Å². The maximum absolute atomic E-state index is 13.2. The number of amides is 3. The normalized spacial score (nSPS) is 21.9. The Morgan fingerprint density at radius 2 is 1.89 bits per heavy atom. The van der Waals surface area contributed by atoms with Crippen LogP contribution in [0.1, 0.15) is 38.7 Å². The molecule has 1 aliphatic carbocycles. The molecule has 146 valence electrons. The molecule has 2 aliphatic rings. The van der Waals surface area contributed by atoms with Crippen LogP contribution in [0, 0.1) is 17.2 Å². The van der Waals surface area contributed by atoms with E-state index in [0.717, 1.165) is 5.56 Å². The van der Waals surface area contributed by atoms with Gasteiger partial charge in [0.15, 0.2) is 0 Å². The zero-order valence-electron chi connectivity index (χ0n) is 15.8. The summed E-state index contributed by atoms with van der Waals surface area (Å²) in [4.78, 5) is 40.8. The number of rotatable bonds is 5. The summed E-state index contributed by atoms with van der Waals surface area (Å²) in [5.74, 6) is -1.08. The Balaban J connectivity index is 1.81. The number of hydrogen-bond donors (Lipinski definition) is 1. The van der Waals surface area contributed by atoms with Gasteiger partial charge in [-0.3, -0.25) is 14.4 Å². The molecule has 7 heteroatoms. The van der Waals surface area contributed by atoms with Crippen molar-refractivity contribution in [2.24, 2.45) is 17.1 Å². The van der Waals surface area contributed by atoms with Gasteiger partial charge in [-0.15, -0.1) is 0 Å². The fourth-order valence-electron chi connectivity index (χ4n) is 3.72. The molecule has 0 spiro atoms. The highest BCUT2D eigenvalue weighted by molar-refractivity contribution is 6.07. The minimum Gasteiger partial charge on any atom is -0.369 e. The Morgan fingerprint density at radius 1 is 1.26 bits per heavy atom. The number of carbonyl (C=O) groups is 3. The third-order valence-electron chi connectivity index (χ3n) is 5.68. The molecule has 1 heterocycles. The average molecular weight is 375 g/mol. The minimum absolute atomic E-state index is 0.0442. The third-order valence-corrected chi connectivity index (χ3v) is 5.68. The molecule has 0 unspecified atom stereocenters. The molecular formula is C20H26FN3O3. The average Bonchev–Trinajstić information content (AvgIpc) is 3.43. The summed E-state index contributed by atoms with van der Waals surface area (Å²) in [7, 11) is 0. The van der Waals surface area contributed by atoms with Gasteiger partial charge in [-0.25, -0.2) is 4.39 Å². The molecule has 2 fully saturated rings. The second-order valence-corrected chi connectivity index (χ2v) is 7.91. The quantitative estimate of drug-likeness (QED) is 0.795. The van der Waals surface area contributed by atoms with Crippen LogP contribution in [0.25, 0.3) is 0 Å². The Hall–Kier alpha value is -2.44. The first-order chi connectivity index (χ1) is 12.7. The zero-order valence-corrected chi connectivity index (χ0v) is 15.8. The van der Waals surface area contributed by atoms with Gasteiger partial charge in [0.25, 0.3) is 0 Å². The van der Waals surface area contributed by atoms with Crippen molar-refractivity contribution in [2.45, 2.75) is 45.7 Å². The maximum atomic E-state index is 13.2. The van der Waals surface area contributed by atoms with E-state index in [1.807, 2.05) is 13.8 Å². The lowest BCUT2D eigenvalue weighted by atomic mass is 9.99. The molecule has 3 rings (SSSR count). The van der Waals surface area contributed by atoms with Crippen molar-refractivity contribution in [3.05, 3.63) is 35.6 Å². The Labute approximate surface area is 158 Å². The second kappa shape index (κ2) is 7.29. The number of carbonyl (C=O) groups excluding carboxylic acids is 3. The number of primary amides is 1. The summed E-state index contributed by atoms with van der Waals surface area (Å²) in [6.07, 6.45) is 1.17. The highest BCUT2D eigenvalue weighted by atomic mass is 19.1. The lowest BCUT2D eigenvalue weighted by Gasteiger charge is -2.35. The molecule has 3 amide bonds. The Bertz CT molecular complexity index is 743. The number of halogens is 1. The van der Waals surface area contributed by atoms with Gasteiger partial charge in [-0.1, -0.05) is 26.0 Å². The smallest absolute Gasteiger partial charge is 0.238 e. The molecule has 0 radical (unpaired) electrons. The van der Waals surface area contributed by atoms with Gasteiger partial charge in [0.2, 0.25) is 17.7 Å². The Morgan fingerprint density at radius 3 is 2.41 bits per heavy atom. The van der Waals surface area contributed by atoms with E-state index >= 15 is 0 Å². The highest BCUT2D eigenvalue weighted by Gasteiger charge is 2.57. The van der Waals surface area contributed by atoms with Crippen LogP contribution in [0.5, 0.6) is 0 Å². The van der Waals surface area contributed by atoms with E-state index in [1.165, 1.54) is 12.1 Å². The number of nitrogens with zero attached hydrogens (tertiary/aromatic N) is 2. The van der Waals surface area contributed by atoms with Crippen LogP contribution in [-0.2, 0) is 20.9 Å². The fraction of sp³-hybridized carbons (Fsp3) is 0.550. The standard InChI is InChI=1S/C20H26FN3O3/c1-13(2)16-12-23(19(27)20(8-9-20)18(22)26)10-7-17(25)24(16)11-14-3-5-15(21)6-4-14/h3-6,13,16H,7-12H2,1-2H3,(H2,22,26)/t16-/m1/s1. The molecule has 1 saturated carbocycles. The van der Waals surface area contributed by atoms with Crippen LogP contribution < -0.4 is 5.73 Å². The minimum atomic E-state index is -1.07. The number of benzene rings is 1. The van der Waals surface area contributed by atoms with Gasteiger partial charge < -0.3 is 15.5 Å². The third kappa shape index (κ3) is 3.82. The van der Waals surface area contributed by atoms with Gasteiger partial charge in [0.1, 0.15) is 11.2 Å². The lowest BCUT2D eigenvalue weighted by molar-refractivity contribution is -0.143. The fourth-order valence-corrected chi connectivity index (χ4v) is 3.72. The molecule has 27 heavy (non-hydrogen) atoms. The summed E-state index contributed by atoms with van der Waals surface area (Å²) < 4.78 is 13.2. The van der Waals surface area contributed by atoms with Gasteiger partial charge in [0, 0.05) is 26.1 Å². The molecule has 1 aromatic rings. The van der Waals surface area contributed by atoms with Gasteiger partial charge in [0.05, 0.1) is 6.04 Å². The maximum Gasteiger partial charge on any atom is 0.238 e. The highest BCUT2D eigenvalue weighted by Crippen LogP contribution is 2.47. The van der Waals surface area contributed by atoms with Crippen LogP contribution >= 0.6 is 0 Å². The Kier molecular flexibility index (Phi) is 5.22. The summed E-state index contributed by atoms with van der Waals surface area (Å²) in [6, 6.07) is 5.90. The van der Waals surface area contributed by atoms with Gasteiger partial charge in [-0.2, -0.15) is 0 Å². The van der Waals surface area contributed by atoms with Crippen molar-refractivity contribution in [1.29, 1.82) is 0 Å². The van der Waals surface area contributed by atoms with Crippen molar-refractivity contribution in [1.82, 2.24) is 9.80 Å². The number of nitrogens with two attached hydrogens (primary N) is 1. The molecule has 0 bridgehead atoms. The second-order valence-electron chi connectivity index (χ2n) is 7.91. The van der Waals surface area contributed by atoms with Crippen molar-refractivity contribution < 1.29 is 18.8 Å². The van der Waals surface area contributed by atoms with E-state index in [0.29, 0.717) is 25.9 Å². The van der Waals surface area contributed by atoms with E-state index in [-0.39, 0.29) is 42.6 Å². The van der Waals surface area contributed by atoms with Gasteiger partial charge in [-0.05, 0) is 36.5 Å². The SMILES string of the molecule is CC(C)[C@H]1CN(C(=O)C2(C(N)=O)CC2)CCC(=O)N1Cc1ccc(F)cc1. The lowest BCUT2D eigenvalue weighted by Crippen LogP contribution is -2.50. The first-order valence-electron chi connectivity index (χ1n) is 9.38. The summed E-state index contributed by atoms with van der Waals surface area (Å²) in [5, 5.41) is 0. The number of hydrogen-bond acceptors (Lipinski definition) is 3. The first-order valence-corrected chi connectivity index (χ1v) is 9.38. The van der Waals surface area contributed by atoms with Crippen LogP contribution in [0.2, 0.25) is 0 Å². The molecule has 6 nitrogen and oxygen atoms in total. The predicted octanol–water partition coefficient (Wildman–Crippen LogP) is 1.68. The van der Waals surface area contributed by atoms with Crippen LogP contribution in [0.4, 0.5) is 4.39 Å². The summed E-state index contributed by atoms with van der Waals surface area (Å²) in [6.45, 7) is 5.04. The van der Waals surface area contributed by atoms with E-state index in [1.54, 1.807) is 21.9 Å². The van der Waals surface area contributed by atoms with E-state index in [9.17, 15) is 18.8 Å². The van der Waals surface area contributed by atoms with Gasteiger partial charge >= 0.3 is 0 Å². The molecule has 2 N–H and O–H groups in total. The first kappa shape index (κ1) is 19.3. The molecule has 0 aromatic heterocycles. The molecular weight excluding hydrogens is 349 g/mol. The van der Waals surface area contributed by atoms with Crippen LogP contribution in [-0.4, -0.2) is 46.7 Å². The summed E-state index contributed by atoms with van der Waals surface area (Å²) in [5.41, 5.74) is 5.21.